The van der Waals surface area contributed by atoms with Gasteiger partial charge in [0.25, 0.3) is 0 Å². The van der Waals surface area contributed by atoms with Crippen LogP contribution in [0.5, 0.6) is 0 Å². The molecule has 4 heteroatoms. The van der Waals surface area contributed by atoms with Crippen molar-refractivity contribution in [2.24, 2.45) is 5.73 Å². The second kappa shape index (κ2) is 4.89. The van der Waals surface area contributed by atoms with Crippen LogP contribution in [0.3, 0.4) is 0 Å². The predicted octanol–water partition coefficient (Wildman–Crippen LogP) is 1.86. The molecule has 3 nitrogen and oxygen atoms in total. The van der Waals surface area contributed by atoms with E-state index in [1.54, 1.807) is 13.0 Å². The highest BCUT2D eigenvalue weighted by molar-refractivity contribution is 5.54. The Bertz CT molecular complexity index is 372. The summed E-state index contributed by atoms with van der Waals surface area (Å²) >= 11 is 0. The Morgan fingerprint density at radius 1 is 1.60 bits per heavy atom. The van der Waals surface area contributed by atoms with Crippen LogP contribution in [0.25, 0.3) is 6.08 Å². The zero-order chi connectivity index (χ0) is 11.4. The van der Waals surface area contributed by atoms with Crippen molar-refractivity contribution in [3.05, 3.63) is 29.2 Å². The number of nitrogen functional groups attached to an aromatic ring is 1. The summed E-state index contributed by atoms with van der Waals surface area (Å²) in [5.74, 6) is -0.0831. The summed E-state index contributed by atoms with van der Waals surface area (Å²) in [6.45, 7) is 3.51. The van der Waals surface area contributed by atoms with Crippen LogP contribution in [0.15, 0.2) is 12.3 Å². The van der Waals surface area contributed by atoms with Crippen molar-refractivity contribution in [2.45, 2.75) is 26.3 Å². The van der Waals surface area contributed by atoms with Gasteiger partial charge >= 0.3 is 0 Å². The van der Waals surface area contributed by atoms with Crippen molar-refractivity contribution in [3.63, 3.8) is 0 Å². The van der Waals surface area contributed by atoms with Crippen LogP contribution in [-0.4, -0.2) is 11.0 Å². The maximum absolute atomic E-state index is 13.6. The Labute approximate surface area is 89.0 Å². The average molecular weight is 209 g/mol. The van der Waals surface area contributed by atoms with Crippen molar-refractivity contribution >= 4 is 11.9 Å². The lowest BCUT2D eigenvalue weighted by Crippen LogP contribution is -2.12. The smallest absolute Gasteiger partial charge is 0.138 e. The van der Waals surface area contributed by atoms with Crippen LogP contribution in [0.2, 0.25) is 0 Å². The first-order valence-corrected chi connectivity index (χ1v) is 4.85. The summed E-state index contributed by atoms with van der Waals surface area (Å²) in [6, 6.07) is 0.0761. The third-order valence-electron chi connectivity index (χ3n) is 2.11. The quantitative estimate of drug-likeness (QED) is 0.798. The molecule has 0 amide bonds. The van der Waals surface area contributed by atoms with Gasteiger partial charge in [0.15, 0.2) is 0 Å². The zero-order valence-electron chi connectivity index (χ0n) is 9.00. The number of nitrogens with zero attached hydrogens (tertiary/aromatic N) is 1. The van der Waals surface area contributed by atoms with E-state index in [1.165, 1.54) is 6.20 Å². The highest BCUT2D eigenvalue weighted by Gasteiger charge is 2.06. The van der Waals surface area contributed by atoms with E-state index < -0.39 is 0 Å². The van der Waals surface area contributed by atoms with Crippen molar-refractivity contribution in [3.8, 4) is 0 Å². The van der Waals surface area contributed by atoms with Crippen molar-refractivity contribution in [1.82, 2.24) is 4.98 Å². The second-order valence-corrected chi connectivity index (χ2v) is 3.65. The highest BCUT2D eigenvalue weighted by Crippen LogP contribution is 2.17. The lowest BCUT2D eigenvalue weighted by Gasteiger charge is -2.03. The number of pyridine rings is 1. The summed E-state index contributed by atoms with van der Waals surface area (Å²) in [6.07, 6.45) is 5.65. The Morgan fingerprint density at radius 2 is 2.27 bits per heavy atom. The van der Waals surface area contributed by atoms with Gasteiger partial charge in [-0.1, -0.05) is 12.2 Å². The van der Waals surface area contributed by atoms with Gasteiger partial charge in [-0.05, 0) is 20.3 Å². The van der Waals surface area contributed by atoms with Crippen molar-refractivity contribution < 1.29 is 4.39 Å². The lowest BCUT2D eigenvalue weighted by atomic mass is 10.1. The molecule has 0 aliphatic carbocycles. The molecule has 1 rings (SSSR count). The molecule has 1 heterocycles. The Hall–Kier alpha value is -1.42. The van der Waals surface area contributed by atoms with Gasteiger partial charge in [-0.25, -0.2) is 9.37 Å². The zero-order valence-corrected chi connectivity index (χ0v) is 9.00. The number of anilines is 1. The molecule has 4 N–H and O–H groups in total. The minimum Gasteiger partial charge on any atom is -0.383 e. The fourth-order valence-electron chi connectivity index (χ4n) is 1.15. The summed E-state index contributed by atoms with van der Waals surface area (Å²) in [7, 11) is 0. The SMILES string of the molecule is Cc1c(N)ncc(/C=C/C[C@H](C)N)c1F. The number of hydrogen-bond donors (Lipinski definition) is 2. The molecule has 0 aliphatic heterocycles. The average Bonchev–Trinajstić information content (AvgIpc) is 2.18. The molecule has 0 saturated heterocycles. The number of hydrogen-bond acceptors (Lipinski definition) is 3. The number of nitrogens with two attached hydrogens (primary N) is 2. The van der Waals surface area contributed by atoms with Crippen LogP contribution in [-0.2, 0) is 0 Å². The molecule has 82 valence electrons. The summed E-state index contributed by atoms with van der Waals surface area (Å²) in [5.41, 5.74) is 11.9. The van der Waals surface area contributed by atoms with Crippen molar-refractivity contribution in [2.75, 3.05) is 5.73 Å². The molecule has 0 aromatic carbocycles. The van der Waals surface area contributed by atoms with E-state index in [0.717, 1.165) is 0 Å². The molecule has 0 spiro atoms. The fourth-order valence-corrected chi connectivity index (χ4v) is 1.15. The van der Waals surface area contributed by atoms with Crippen LogP contribution < -0.4 is 11.5 Å². The standard InChI is InChI=1S/C11H16FN3/c1-7(13)4-3-5-9-6-15-11(14)8(2)10(9)12/h3,5-7H,4,13H2,1-2H3,(H2,14,15)/b5-3+/t7-/m0/s1. The van der Waals surface area contributed by atoms with Gasteiger partial charge in [0.2, 0.25) is 0 Å². The normalized spacial score (nSPS) is 13.3. The van der Waals surface area contributed by atoms with Gasteiger partial charge in [-0.3, -0.25) is 0 Å². The molecule has 1 atom stereocenters. The van der Waals surface area contributed by atoms with Crippen LogP contribution >= 0.6 is 0 Å². The molecular weight excluding hydrogens is 193 g/mol. The maximum Gasteiger partial charge on any atom is 0.138 e. The van der Waals surface area contributed by atoms with E-state index in [9.17, 15) is 4.39 Å². The minimum atomic E-state index is -0.316. The van der Waals surface area contributed by atoms with Gasteiger partial charge in [0.1, 0.15) is 11.6 Å². The van der Waals surface area contributed by atoms with E-state index in [0.29, 0.717) is 17.5 Å². The van der Waals surface area contributed by atoms with E-state index in [2.05, 4.69) is 4.98 Å². The predicted molar refractivity (Wildman–Crippen MR) is 60.6 cm³/mol. The first-order valence-electron chi connectivity index (χ1n) is 4.85. The summed E-state index contributed by atoms with van der Waals surface area (Å²) in [5, 5.41) is 0. The van der Waals surface area contributed by atoms with Gasteiger partial charge < -0.3 is 11.5 Å². The molecule has 0 saturated carbocycles. The van der Waals surface area contributed by atoms with Crippen LogP contribution in [0.1, 0.15) is 24.5 Å². The Kier molecular flexibility index (Phi) is 3.80. The number of halogens is 1. The number of rotatable bonds is 3. The molecule has 0 radical (unpaired) electrons. The Morgan fingerprint density at radius 3 is 2.87 bits per heavy atom. The topological polar surface area (TPSA) is 64.9 Å². The molecule has 0 unspecified atom stereocenters. The van der Waals surface area contributed by atoms with Gasteiger partial charge in [0, 0.05) is 23.4 Å². The van der Waals surface area contributed by atoms with Crippen LogP contribution in [0, 0.1) is 12.7 Å². The summed E-state index contributed by atoms with van der Waals surface area (Å²) < 4.78 is 13.6. The van der Waals surface area contributed by atoms with Crippen molar-refractivity contribution in [1.29, 1.82) is 0 Å². The van der Waals surface area contributed by atoms with Gasteiger partial charge in [-0.15, -0.1) is 0 Å². The molecule has 0 aliphatic rings. The molecule has 1 aromatic rings. The highest BCUT2D eigenvalue weighted by atomic mass is 19.1. The van der Waals surface area contributed by atoms with E-state index in [-0.39, 0.29) is 17.7 Å². The maximum atomic E-state index is 13.6. The fraction of sp³-hybridized carbons (Fsp3) is 0.364. The Balaban J connectivity index is 2.87. The molecule has 0 bridgehead atoms. The first kappa shape index (κ1) is 11.7. The first-order chi connectivity index (χ1) is 7.02. The molecular formula is C11H16FN3. The summed E-state index contributed by atoms with van der Waals surface area (Å²) in [4.78, 5) is 3.89. The molecule has 1 aromatic heterocycles. The van der Waals surface area contributed by atoms with E-state index >= 15 is 0 Å². The van der Waals surface area contributed by atoms with Gasteiger partial charge in [-0.2, -0.15) is 0 Å². The monoisotopic (exact) mass is 209 g/mol. The van der Waals surface area contributed by atoms with Gasteiger partial charge in [0.05, 0.1) is 0 Å². The second-order valence-electron chi connectivity index (χ2n) is 3.65. The van der Waals surface area contributed by atoms with E-state index in [4.69, 9.17) is 11.5 Å². The van der Waals surface area contributed by atoms with E-state index in [1.807, 2.05) is 13.0 Å². The lowest BCUT2D eigenvalue weighted by molar-refractivity contribution is 0.614. The minimum absolute atomic E-state index is 0.0761. The van der Waals surface area contributed by atoms with Crippen LogP contribution in [0.4, 0.5) is 10.2 Å². The molecule has 15 heavy (non-hydrogen) atoms. The third kappa shape index (κ3) is 3.02. The third-order valence-corrected chi connectivity index (χ3v) is 2.11. The molecule has 0 fully saturated rings. The largest absolute Gasteiger partial charge is 0.383 e. The number of aromatic nitrogens is 1.